The van der Waals surface area contributed by atoms with Crippen LogP contribution in [-0.4, -0.2) is 30.1 Å². The molecule has 1 rings (SSSR count). The molecule has 0 radical (unpaired) electrons. The first-order valence-electron chi connectivity index (χ1n) is 3.95. The number of halogens is 4. The zero-order valence-electron chi connectivity index (χ0n) is 8.89. The van der Waals surface area contributed by atoms with Gasteiger partial charge in [-0.3, -0.25) is 0 Å². The molecule has 0 unspecified atom stereocenters. The zero-order valence-corrected chi connectivity index (χ0v) is 17.7. The van der Waals surface area contributed by atoms with Crippen molar-refractivity contribution in [2.24, 2.45) is 0 Å². The summed E-state index contributed by atoms with van der Waals surface area (Å²) in [6.45, 7) is 4.50. The number of rotatable bonds is 3. The Morgan fingerprint density at radius 1 is 1.07 bits per heavy atom. The van der Waals surface area contributed by atoms with Gasteiger partial charge < -0.3 is 77.7 Å². The van der Waals surface area contributed by atoms with Crippen LogP contribution in [0.1, 0.15) is 19.8 Å². The van der Waals surface area contributed by atoms with Gasteiger partial charge in [-0.25, -0.2) is 0 Å². The third-order valence-corrected chi connectivity index (χ3v) is 1.74. The summed E-state index contributed by atoms with van der Waals surface area (Å²) < 4.78 is 0. The van der Waals surface area contributed by atoms with E-state index in [2.05, 4.69) is 36.2 Å². The minimum atomic E-state index is 0. The van der Waals surface area contributed by atoms with Gasteiger partial charge >= 0.3 is 26.2 Å². The van der Waals surface area contributed by atoms with Gasteiger partial charge in [-0.1, -0.05) is 13.3 Å². The summed E-state index contributed by atoms with van der Waals surface area (Å²) in [5, 5.41) is 0. The molecule has 0 fully saturated rings. The monoisotopic (exact) mass is 546 g/mol. The molecule has 0 atom stereocenters. The molecule has 1 heterocycles. The second-order valence-electron chi connectivity index (χ2n) is 2.86. The fourth-order valence-corrected chi connectivity index (χ4v) is 1.10. The zero-order chi connectivity index (χ0) is 7.40. The van der Waals surface area contributed by atoms with Crippen molar-refractivity contribution in [1.82, 2.24) is 9.80 Å². The first-order valence-corrected chi connectivity index (χ1v) is 3.95. The Balaban J connectivity index is -0.0000000667. The maximum absolute atomic E-state index is 2.34. The van der Waals surface area contributed by atoms with Gasteiger partial charge in [0.05, 0.1) is 6.67 Å². The standard InChI is InChI=1S/C8H16N2.4BrH.Zr/c1-3-4-5-10-7-6-9(2)8-10;;;;;/h6-7H,3-5,8H2,1-2H3;4*1H;/q;;;;;+4/p-4. The van der Waals surface area contributed by atoms with Gasteiger partial charge in [0, 0.05) is 26.0 Å². The molecule has 0 saturated heterocycles. The van der Waals surface area contributed by atoms with Gasteiger partial charge in [-0.15, -0.1) is 0 Å². The van der Waals surface area contributed by atoms with E-state index in [-0.39, 0.29) is 94.1 Å². The molecular formula is C8H16Br4N2Zr. The number of nitrogens with zero attached hydrogens (tertiary/aromatic N) is 2. The van der Waals surface area contributed by atoms with Crippen LogP contribution in [0, 0.1) is 0 Å². The Morgan fingerprint density at radius 2 is 1.60 bits per heavy atom. The van der Waals surface area contributed by atoms with E-state index in [0.29, 0.717) is 0 Å². The molecule has 7 heteroatoms. The van der Waals surface area contributed by atoms with E-state index in [1.54, 1.807) is 0 Å². The topological polar surface area (TPSA) is 6.48 Å². The number of unbranched alkanes of at least 4 members (excludes halogenated alkanes) is 1. The largest absolute Gasteiger partial charge is 4.00 e. The first kappa shape index (κ1) is 30.3. The van der Waals surface area contributed by atoms with E-state index >= 15 is 0 Å². The normalized spacial score (nSPS) is 11.3. The summed E-state index contributed by atoms with van der Waals surface area (Å²) in [5.41, 5.74) is 0. The minimum absolute atomic E-state index is 0. The van der Waals surface area contributed by atoms with Crippen LogP contribution in [0.25, 0.3) is 0 Å². The molecule has 0 N–H and O–H groups in total. The molecule has 1 aliphatic rings. The molecule has 0 spiro atoms. The molecule has 90 valence electrons. The van der Waals surface area contributed by atoms with Gasteiger partial charge in [0.25, 0.3) is 0 Å². The van der Waals surface area contributed by atoms with Crippen LogP contribution in [0.5, 0.6) is 0 Å². The molecule has 15 heavy (non-hydrogen) atoms. The molecule has 0 aromatic rings. The van der Waals surface area contributed by atoms with Crippen LogP contribution in [0.15, 0.2) is 12.4 Å². The third-order valence-electron chi connectivity index (χ3n) is 1.74. The predicted octanol–water partition coefficient (Wildman–Crippen LogP) is -10.5. The summed E-state index contributed by atoms with van der Waals surface area (Å²) in [5.74, 6) is 0. The fourth-order valence-electron chi connectivity index (χ4n) is 1.10. The average Bonchev–Trinajstić information content (AvgIpc) is 2.31. The van der Waals surface area contributed by atoms with Crippen molar-refractivity contribution in [3.63, 3.8) is 0 Å². The Labute approximate surface area is 154 Å². The molecule has 0 aromatic carbocycles. The molecule has 2 nitrogen and oxygen atoms in total. The van der Waals surface area contributed by atoms with Crippen molar-refractivity contribution in [2.45, 2.75) is 19.8 Å². The second kappa shape index (κ2) is 18.5. The molecule has 0 aliphatic carbocycles. The van der Waals surface area contributed by atoms with Gasteiger partial charge in [0.2, 0.25) is 0 Å². The average molecular weight is 551 g/mol. The van der Waals surface area contributed by atoms with Crippen molar-refractivity contribution in [1.29, 1.82) is 0 Å². The molecular weight excluding hydrogens is 535 g/mol. The smallest absolute Gasteiger partial charge is 1.00 e. The summed E-state index contributed by atoms with van der Waals surface area (Å²) in [6.07, 6.45) is 6.87. The van der Waals surface area contributed by atoms with Gasteiger partial charge in [-0.05, 0) is 6.42 Å². The quantitative estimate of drug-likeness (QED) is 0.345. The maximum Gasteiger partial charge on any atom is 4.00 e. The summed E-state index contributed by atoms with van der Waals surface area (Å²) in [7, 11) is 2.10. The second-order valence-corrected chi connectivity index (χ2v) is 2.86. The van der Waals surface area contributed by atoms with Crippen molar-refractivity contribution in [2.75, 3.05) is 20.3 Å². The Bertz CT molecular complexity index is 138. The van der Waals surface area contributed by atoms with Gasteiger partial charge in [0.1, 0.15) is 0 Å². The van der Waals surface area contributed by atoms with E-state index in [4.69, 9.17) is 0 Å². The maximum atomic E-state index is 2.34. The van der Waals surface area contributed by atoms with E-state index < -0.39 is 0 Å². The van der Waals surface area contributed by atoms with E-state index in [1.165, 1.54) is 19.4 Å². The van der Waals surface area contributed by atoms with Crippen LogP contribution in [0.4, 0.5) is 0 Å². The summed E-state index contributed by atoms with van der Waals surface area (Å²) in [4.78, 5) is 4.53. The fraction of sp³-hybridized carbons (Fsp3) is 0.750. The molecule has 0 bridgehead atoms. The van der Waals surface area contributed by atoms with E-state index in [1.807, 2.05) is 0 Å². The predicted molar refractivity (Wildman–Crippen MR) is 43.4 cm³/mol. The minimum Gasteiger partial charge on any atom is -1.00 e. The van der Waals surface area contributed by atoms with Crippen molar-refractivity contribution < 1.29 is 94.1 Å². The van der Waals surface area contributed by atoms with Crippen molar-refractivity contribution >= 4 is 0 Å². The van der Waals surface area contributed by atoms with Crippen LogP contribution in [0.2, 0.25) is 0 Å². The summed E-state index contributed by atoms with van der Waals surface area (Å²) in [6, 6.07) is 0. The van der Waals surface area contributed by atoms with Crippen LogP contribution >= 0.6 is 0 Å². The van der Waals surface area contributed by atoms with Gasteiger partial charge in [-0.2, -0.15) is 0 Å². The van der Waals surface area contributed by atoms with Crippen LogP contribution < -0.4 is 67.9 Å². The van der Waals surface area contributed by atoms with Crippen molar-refractivity contribution in [3.8, 4) is 0 Å². The molecule has 0 amide bonds. The molecule has 0 saturated carbocycles. The molecule has 1 aliphatic heterocycles. The summed E-state index contributed by atoms with van der Waals surface area (Å²) >= 11 is 0. The van der Waals surface area contributed by atoms with Gasteiger partial charge in [0.15, 0.2) is 0 Å². The van der Waals surface area contributed by atoms with Crippen molar-refractivity contribution in [3.05, 3.63) is 12.4 Å². The Hall–Kier alpha value is 2.14. The first-order chi connectivity index (χ1) is 4.83. The van der Waals surface area contributed by atoms with E-state index in [0.717, 1.165) is 6.67 Å². The van der Waals surface area contributed by atoms with Crippen LogP contribution in [0.3, 0.4) is 0 Å². The SMILES string of the molecule is CCCCN1C=CN(C)C1.[Br-].[Br-].[Br-].[Br-].[Zr+4]. The van der Waals surface area contributed by atoms with Crippen LogP contribution in [-0.2, 0) is 26.2 Å². The number of hydrogen-bond acceptors (Lipinski definition) is 2. The Morgan fingerprint density at radius 3 is 1.93 bits per heavy atom. The molecule has 0 aromatic heterocycles. The number of hydrogen-bond donors (Lipinski definition) is 0. The Kier molecular flexibility index (Phi) is 37.4. The third kappa shape index (κ3) is 14.1. The van der Waals surface area contributed by atoms with E-state index in [9.17, 15) is 0 Å².